The van der Waals surface area contributed by atoms with Crippen molar-refractivity contribution in [1.29, 1.82) is 0 Å². The van der Waals surface area contributed by atoms with Crippen LogP contribution in [0.25, 0.3) is 0 Å². The molecule has 0 aromatic heterocycles. The van der Waals surface area contributed by atoms with Crippen molar-refractivity contribution in [2.45, 2.75) is 18.9 Å². The second kappa shape index (κ2) is 8.22. The van der Waals surface area contributed by atoms with Crippen LogP contribution in [0, 0.1) is 0 Å². The molecule has 0 bridgehead atoms. The fourth-order valence-corrected chi connectivity index (χ4v) is 2.31. The van der Waals surface area contributed by atoms with Crippen LogP contribution in [0.15, 0.2) is 60.7 Å². The summed E-state index contributed by atoms with van der Waals surface area (Å²) in [4.78, 5) is 12.1. The van der Waals surface area contributed by atoms with Crippen molar-refractivity contribution in [1.82, 2.24) is 10.6 Å². The SMILES string of the molecule is CNCCCC(=O)NC(c1ccccc1)c1ccccc1. The largest absolute Gasteiger partial charge is 0.345 e. The Hall–Kier alpha value is -2.13. The quantitative estimate of drug-likeness (QED) is 0.767. The molecule has 3 nitrogen and oxygen atoms in total. The number of carbonyl (C=O) groups is 1. The predicted octanol–water partition coefficient (Wildman–Crippen LogP) is 2.89. The molecule has 2 aromatic carbocycles. The Bertz CT molecular complexity index is 500. The van der Waals surface area contributed by atoms with Crippen LogP contribution in [-0.2, 0) is 4.79 Å². The van der Waals surface area contributed by atoms with E-state index in [0.29, 0.717) is 6.42 Å². The van der Waals surface area contributed by atoms with Gasteiger partial charge in [0.25, 0.3) is 0 Å². The van der Waals surface area contributed by atoms with E-state index in [1.165, 1.54) is 0 Å². The average Bonchev–Trinajstić information content (AvgIpc) is 2.54. The van der Waals surface area contributed by atoms with Crippen LogP contribution in [0.1, 0.15) is 30.0 Å². The monoisotopic (exact) mass is 282 g/mol. The van der Waals surface area contributed by atoms with E-state index in [2.05, 4.69) is 10.6 Å². The van der Waals surface area contributed by atoms with Crippen LogP contribution in [0.5, 0.6) is 0 Å². The maximum absolute atomic E-state index is 12.1. The highest BCUT2D eigenvalue weighted by Crippen LogP contribution is 2.21. The van der Waals surface area contributed by atoms with Gasteiger partial charge in [-0.05, 0) is 31.1 Å². The van der Waals surface area contributed by atoms with E-state index in [9.17, 15) is 4.79 Å². The van der Waals surface area contributed by atoms with Gasteiger partial charge in [0.05, 0.1) is 6.04 Å². The van der Waals surface area contributed by atoms with Crippen LogP contribution in [0.2, 0.25) is 0 Å². The normalized spacial score (nSPS) is 10.6. The minimum atomic E-state index is -0.0884. The number of carbonyl (C=O) groups excluding carboxylic acids is 1. The summed E-state index contributed by atoms with van der Waals surface area (Å²) < 4.78 is 0. The van der Waals surface area contributed by atoms with E-state index in [4.69, 9.17) is 0 Å². The molecule has 21 heavy (non-hydrogen) atoms. The molecule has 0 radical (unpaired) electrons. The van der Waals surface area contributed by atoms with E-state index in [-0.39, 0.29) is 11.9 Å². The molecule has 0 unspecified atom stereocenters. The molecule has 0 aliphatic carbocycles. The third-order valence-corrected chi connectivity index (χ3v) is 3.40. The van der Waals surface area contributed by atoms with E-state index < -0.39 is 0 Å². The molecule has 3 heteroatoms. The first kappa shape index (κ1) is 15.3. The van der Waals surface area contributed by atoms with Gasteiger partial charge in [0.2, 0.25) is 5.91 Å². The first-order chi connectivity index (χ1) is 10.3. The molecule has 0 heterocycles. The summed E-state index contributed by atoms with van der Waals surface area (Å²) in [6, 6.07) is 20.1. The zero-order chi connectivity index (χ0) is 14.9. The van der Waals surface area contributed by atoms with Crippen molar-refractivity contribution in [2.24, 2.45) is 0 Å². The lowest BCUT2D eigenvalue weighted by Gasteiger charge is -2.20. The maximum atomic E-state index is 12.1. The van der Waals surface area contributed by atoms with Crippen LogP contribution in [0.3, 0.4) is 0 Å². The highest BCUT2D eigenvalue weighted by Gasteiger charge is 2.15. The van der Waals surface area contributed by atoms with Gasteiger partial charge in [-0.25, -0.2) is 0 Å². The molecule has 2 N–H and O–H groups in total. The second-order valence-electron chi connectivity index (χ2n) is 5.03. The van der Waals surface area contributed by atoms with Gasteiger partial charge in [-0.3, -0.25) is 4.79 Å². The molecule has 0 fully saturated rings. The molecule has 0 atom stereocenters. The van der Waals surface area contributed by atoms with Crippen LogP contribution < -0.4 is 10.6 Å². The minimum Gasteiger partial charge on any atom is -0.345 e. The lowest BCUT2D eigenvalue weighted by atomic mass is 9.98. The number of nitrogens with one attached hydrogen (secondary N) is 2. The highest BCUT2D eigenvalue weighted by atomic mass is 16.1. The van der Waals surface area contributed by atoms with Crippen molar-refractivity contribution in [3.8, 4) is 0 Å². The summed E-state index contributed by atoms with van der Waals surface area (Å²) in [7, 11) is 1.90. The van der Waals surface area contributed by atoms with Crippen molar-refractivity contribution >= 4 is 5.91 Å². The van der Waals surface area contributed by atoms with E-state index in [0.717, 1.165) is 24.1 Å². The fraction of sp³-hybridized carbons (Fsp3) is 0.278. The predicted molar refractivity (Wildman–Crippen MR) is 86.0 cm³/mol. The van der Waals surface area contributed by atoms with Gasteiger partial charge in [-0.15, -0.1) is 0 Å². The molecule has 0 aliphatic heterocycles. The number of hydrogen-bond donors (Lipinski definition) is 2. The van der Waals surface area contributed by atoms with Crippen molar-refractivity contribution in [3.63, 3.8) is 0 Å². The lowest BCUT2D eigenvalue weighted by molar-refractivity contribution is -0.121. The minimum absolute atomic E-state index is 0.0861. The Morgan fingerprint density at radius 2 is 1.48 bits per heavy atom. The number of hydrogen-bond acceptors (Lipinski definition) is 2. The highest BCUT2D eigenvalue weighted by molar-refractivity contribution is 5.77. The van der Waals surface area contributed by atoms with Crippen molar-refractivity contribution in [3.05, 3.63) is 71.8 Å². The molecule has 0 spiro atoms. The summed E-state index contributed by atoms with van der Waals surface area (Å²) in [6.45, 7) is 0.856. The van der Waals surface area contributed by atoms with Crippen LogP contribution in [0.4, 0.5) is 0 Å². The third-order valence-electron chi connectivity index (χ3n) is 3.40. The second-order valence-corrected chi connectivity index (χ2v) is 5.03. The van der Waals surface area contributed by atoms with Gasteiger partial charge < -0.3 is 10.6 Å². The van der Waals surface area contributed by atoms with Crippen molar-refractivity contribution in [2.75, 3.05) is 13.6 Å². The molecular weight excluding hydrogens is 260 g/mol. The number of benzene rings is 2. The topological polar surface area (TPSA) is 41.1 Å². The molecule has 0 saturated carbocycles. The van der Waals surface area contributed by atoms with Gasteiger partial charge in [-0.1, -0.05) is 60.7 Å². The number of rotatable bonds is 7. The molecule has 2 aromatic rings. The standard InChI is InChI=1S/C18H22N2O/c1-19-14-8-13-17(21)20-18(15-9-4-2-5-10-15)16-11-6-3-7-12-16/h2-7,9-12,18-19H,8,13-14H2,1H3,(H,20,21). The fourth-order valence-electron chi connectivity index (χ4n) is 2.31. The Morgan fingerprint density at radius 1 is 0.952 bits per heavy atom. The van der Waals surface area contributed by atoms with E-state index in [1.807, 2.05) is 67.7 Å². The van der Waals surface area contributed by atoms with Gasteiger partial charge in [0.15, 0.2) is 0 Å². The Balaban J connectivity index is 2.12. The molecular formula is C18H22N2O. The smallest absolute Gasteiger partial charge is 0.220 e. The molecule has 0 saturated heterocycles. The Morgan fingerprint density at radius 3 is 1.95 bits per heavy atom. The van der Waals surface area contributed by atoms with Crippen molar-refractivity contribution < 1.29 is 4.79 Å². The van der Waals surface area contributed by atoms with Crippen LogP contribution >= 0.6 is 0 Å². The summed E-state index contributed by atoms with van der Waals surface area (Å²) in [5.74, 6) is 0.0861. The van der Waals surface area contributed by atoms with Crippen LogP contribution in [-0.4, -0.2) is 19.5 Å². The first-order valence-electron chi connectivity index (χ1n) is 7.35. The summed E-state index contributed by atoms with van der Waals surface area (Å²) in [6.07, 6.45) is 1.38. The summed E-state index contributed by atoms with van der Waals surface area (Å²) in [5.41, 5.74) is 2.20. The first-order valence-corrected chi connectivity index (χ1v) is 7.35. The average molecular weight is 282 g/mol. The van der Waals surface area contributed by atoms with Gasteiger partial charge >= 0.3 is 0 Å². The van der Waals surface area contributed by atoms with Gasteiger partial charge in [0.1, 0.15) is 0 Å². The molecule has 1 amide bonds. The molecule has 0 aliphatic rings. The Kier molecular flexibility index (Phi) is 5.98. The zero-order valence-corrected chi connectivity index (χ0v) is 12.4. The maximum Gasteiger partial charge on any atom is 0.220 e. The summed E-state index contributed by atoms with van der Waals surface area (Å²) in [5, 5.41) is 6.20. The lowest BCUT2D eigenvalue weighted by Crippen LogP contribution is -2.29. The number of amides is 1. The zero-order valence-electron chi connectivity index (χ0n) is 12.4. The molecule has 2 rings (SSSR count). The van der Waals surface area contributed by atoms with E-state index in [1.54, 1.807) is 0 Å². The summed E-state index contributed by atoms with van der Waals surface area (Å²) >= 11 is 0. The van der Waals surface area contributed by atoms with E-state index >= 15 is 0 Å². The third kappa shape index (κ3) is 4.72. The van der Waals surface area contributed by atoms with Gasteiger partial charge in [0, 0.05) is 6.42 Å². The Labute approximate surface area is 126 Å². The van der Waals surface area contributed by atoms with Gasteiger partial charge in [-0.2, -0.15) is 0 Å². The molecule has 110 valence electrons.